The Morgan fingerprint density at radius 2 is 1.74 bits per heavy atom. The molecule has 2 bridgehead atoms. The molecule has 5 rings (SSSR count). The second-order valence-corrected chi connectivity index (χ2v) is 12.1. The first-order chi connectivity index (χ1) is 16.0. The van der Waals surface area contributed by atoms with Crippen molar-refractivity contribution in [3.05, 3.63) is 55.2 Å². The molecule has 34 heavy (non-hydrogen) atoms. The van der Waals surface area contributed by atoms with Crippen LogP contribution in [-0.4, -0.2) is 43.1 Å². The molecule has 0 spiro atoms. The van der Waals surface area contributed by atoms with Gasteiger partial charge in [0.25, 0.3) is 10.1 Å². The molecule has 0 amide bonds. The molecule has 3 fully saturated rings. The Morgan fingerprint density at radius 1 is 1.03 bits per heavy atom. The number of ether oxygens (including phenoxy) is 3. The molecular formula is C22H16I2O9S. The van der Waals surface area contributed by atoms with Gasteiger partial charge in [0.1, 0.15) is 18.0 Å². The topological polar surface area (TPSA) is 133 Å². The molecule has 12 heteroatoms. The summed E-state index contributed by atoms with van der Waals surface area (Å²) in [5.74, 6) is -3.90. The van der Waals surface area contributed by atoms with Crippen LogP contribution in [0.3, 0.4) is 0 Å². The van der Waals surface area contributed by atoms with Crippen molar-refractivity contribution in [2.45, 2.75) is 23.5 Å². The molecule has 178 valence electrons. The van der Waals surface area contributed by atoms with Crippen LogP contribution in [0.2, 0.25) is 0 Å². The Balaban J connectivity index is 1.35. The van der Waals surface area contributed by atoms with E-state index in [1.807, 2.05) is 0 Å². The Bertz CT molecular complexity index is 1310. The zero-order valence-electron chi connectivity index (χ0n) is 17.1. The average molecular weight is 710 g/mol. The highest BCUT2D eigenvalue weighted by molar-refractivity contribution is 14.1. The lowest BCUT2D eigenvalue weighted by Crippen LogP contribution is -2.44. The third-order valence-corrected chi connectivity index (χ3v) is 10.3. The van der Waals surface area contributed by atoms with Crippen LogP contribution < -0.4 is 4.74 Å². The molecule has 0 radical (unpaired) electrons. The second-order valence-electron chi connectivity index (χ2n) is 8.38. The van der Waals surface area contributed by atoms with Crippen LogP contribution >= 0.6 is 45.2 Å². The van der Waals surface area contributed by atoms with Gasteiger partial charge < -0.3 is 14.2 Å². The normalized spacial score (nSPS) is 29.1. The summed E-state index contributed by atoms with van der Waals surface area (Å²) in [6.07, 6.45) is -0.867. The van der Waals surface area contributed by atoms with Crippen LogP contribution in [0.15, 0.2) is 47.4 Å². The number of halogens is 2. The molecule has 0 aromatic heterocycles. The third-order valence-electron chi connectivity index (χ3n) is 6.56. The van der Waals surface area contributed by atoms with E-state index < -0.39 is 58.0 Å². The molecule has 6 atom stereocenters. The van der Waals surface area contributed by atoms with Crippen molar-refractivity contribution >= 4 is 73.2 Å². The summed E-state index contributed by atoms with van der Waals surface area (Å²) in [5.41, 5.74) is 0.367. The van der Waals surface area contributed by atoms with Crippen molar-refractivity contribution in [3.63, 3.8) is 0 Å². The van der Waals surface area contributed by atoms with E-state index in [0.717, 1.165) is 19.3 Å². The van der Waals surface area contributed by atoms with E-state index in [2.05, 4.69) is 45.2 Å². The minimum Gasteiger partial charge on any atom is -0.458 e. The number of rotatable bonds is 5. The van der Waals surface area contributed by atoms with Gasteiger partial charge in [-0.1, -0.05) is 0 Å². The van der Waals surface area contributed by atoms with Crippen molar-refractivity contribution in [2.24, 2.45) is 23.7 Å². The fourth-order valence-corrected chi connectivity index (χ4v) is 6.48. The van der Waals surface area contributed by atoms with Crippen molar-refractivity contribution in [2.75, 3.05) is 0 Å². The van der Waals surface area contributed by atoms with Gasteiger partial charge in [0.05, 0.1) is 22.3 Å². The highest BCUT2D eigenvalue weighted by Gasteiger charge is 2.70. The number of carbonyl (C=O) groups excluding carboxylic acids is 3. The monoisotopic (exact) mass is 710 g/mol. The number of esters is 3. The number of fused-ring (bicyclic) bond motifs is 1. The van der Waals surface area contributed by atoms with E-state index in [9.17, 15) is 22.8 Å². The molecule has 1 N–H and O–H groups in total. The van der Waals surface area contributed by atoms with E-state index in [4.69, 9.17) is 18.8 Å². The van der Waals surface area contributed by atoms with Gasteiger partial charge in [0.15, 0.2) is 0 Å². The first-order valence-electron chi connectivity index (χ1n) is 10.2. The van der Waals surface area contributed by atoms with Crippen molar-refractivity contribution in [3.8, 4) is 5.75 Å². The lowest BCUT2D eigenvalue weighted by atomic mass is 9.78. The number of benzene rings is 2. The summed E-state index contributed by atoms with van der Waals surface area (Å²) in [6, 6.07) is 9.85. The standard InChI is InChI=1S/C22H16I2O9S/c23-14-6-1-9(7-15(14)24)20(25)32-18-12-8-13-17(22(27)33-19(13)18)16(12)21(26)31-10-2-4-11(5-3-10)34(28,29)30/h1-7,12-13,16-19H,8H2,(H,28,29,30). The average Bonchev–Trinajstić information content (AvgIpc) is 3.39. The first-order valence-corrected chi connectivity index (χ1v) is 13.8. The summed E-state index contributed by atoms with van der Waals surface area (Å²) in [6.45, 7) is 0. The van der Waals surface area contributed by atoms with Crippen LogP contribution in [0.4, 0.5) is 0 Å². The van der Waals surface area contributed by atoms with Gasteiger partial charge in [0.2, 0.25) is 0 Å². The van der Waals surface area contributed by atoms with Gasteiger partial charge in [-0.2, -0.15) is 8.42 Å². The van der Waals surface area contributed by atoms with Crippen LogP contribution in [0.5, 0.6) is 5.75 Å². The van der Waals surface area contributed by atoms with Gasteiger partial charge in [-0.3, -0.25) is 14.1 Å². The Hall–Kier alpha value is -1.78. The molecule has 6 unspecified atom stereocenters. The molecule has 1 saturated heterocycles. The maximum absolute atomic E-state index is 13.1. The van der Waals surface area contributed by atoms with Gasteiger partial charge in [-0.25, -0.2) is 4.79 Å². The maximum Gasteiger partial charge on any atom is 0.338 e. The Morgan fingerprint density at radius 3 is 2.38 bits per heavy atom. The van der Waals surface area contributed by atoms with Gasteiger partial charge >= 0.3 is 17.9 Å². The zero-order chi connectivity index (χ0) is 24.4. The van der Waals surface area contributed by atoms with Gasteiger partial charge in [-0.05, 0) is 94.1 Å². The van der Waals surface area contributed by atoms with E-state index >= 15 is 0 Å². The Labute approximate surface area is 221 Å². The highest BCUT2D eigenvalue weighted by Crippen LogP contribution is 2.59. The summed E-state index contributed by atoms with van der Waals surface area (Å²) in [5, 5.41) is 0. The minimum absolute atomic E-state index is 0.0603. The van der Waals surface area contributed by atoms with Crippen molar-refractivity contribution in [1.29, 1.82) is 0 Å². The van der Waals surface area contributed by atoms with Crippen molar-refractivity contribution < 1.29 is 41.6 Å². The smallest absolute Gasteiger partial charge is 0.338 e. The molecule has 2 aliphatic carbocycles. The minimum atomic E-state index is -4.38. The van der Waals surface area contributed by atoms with Gasteiger partial charge in [-0.15, -0.1) is 0 Å². The SMILES string of the molecule is O=C(OC1C2CC3C1OC(=O)C3C2C(=O)Oc1ccc(S(=O)(=O)O)cc1)c1ccc(I)c(I)c1. The van der Waals surface area contributed by atoms with Crippen LogP contribution in [0, 0.1) is 30.8 Å². The fourth-order valence-electron chi connectivity index (χ4n) is 5.15. The molecule has 2 aromatic carbocycles. The quantitative estimate of drug-likeness (QED) is 0.215. The Kier molecular flexibility index (Phi) is 6.13. The van der Waals surface area contributed by atoms with E-state index in [0.29, 0.717) is 12.0 Å². The maximum atomic E-state index is 13.1. The summed E-state index contributed by atoms with van der Waals surface area (Å²) in [7, 11) is -4.38. The van der Waals surface area contributed by atoms with E-state index in [-0.39, 0.29) is 16.6 Å². The molecular weight excluding hydrogens is 694 g/mol. The molecule has 2 saturated carbocycles. The van der Waals surface area contributed by atoms with E-state index in [1.165, 1.54) is 12.1 Å². The number of hydrogen-bond acceptors (Lipinski definition) is 8. The predicted octanol–water partition coefficient (Wildman–Crippen LogP) is 3.08. The highest BCUT2D eigenvalue weighted by atomic mass is 127. The van der Waals surface area contributed by atoms with Crippen molar-refractivity contribution in [1.82, 2.24) is 0 Å². The number of hydrogen-bond donors (Lipinski definition) is 1. The largest absolute Gasteiger partial charge is 0.458 e. The summed E-state index contributed by atoms with van der Waals surface area (Å²) < 4.78 is 50.1. The molecule has 9 nitrogen and oxygen atoms in total. The molecule has 1 heterocycles. The lowest BCUT2D eigenvalue weighted by Gasteiger charge is -2.30. The van der Waals surface area contributed by atoms with E-state index in [1.54, 1.807) is 18.2 Å². The lowest BCUT2D eigenvalue weighted by molar-refractivity contribution is -0.149. The van der Waals surface area contributed by atoms with Crippen LogP contribution in [-0.2, 0) is 29.2 Å². The summed E-state index contributed by atoms with van der Waals surface area (Å²) in [4.78, 5) is 38.1. The fraction of sp³-hybridized carbons (Fsp3) is 0.318. The van der Waals surface area contributed by atoms with Gasteiger partial charge in [0, 0.05) is 19.0 Å². The summed E-state index contributed by atoms with van der Waals surface area (Å²) >= 11 is 4.28. The second kappa shape index (κ2) is 8.71. The molecule has 1 aliphatic heterocycles. The van der Waals surface area contributed by atoms with Crippen LogP contribution in [0.1, 0.15) is 16.8 Å². The number of carbonyl (C=O) groups is 3. The zero-order valence-corrected chi connectivity index (χ0v) is 22.2. The molecule has 3 aliphatic rings. The van der Waals surface area contributed by atoms with Crippen LogP contribution in [0.25, 0.3) is 0 Å². The molecule has 2 aromatic rings. The predicted molar refractivity (Wildman–Crippen MR) is 131 cm³/mol. The third kappa shape index (κ3) is 4.11. The first kappa shape index (κ1) is 23.9.